The number of allylic oxidation sites excluding steroid dienone is 2. The third-order valence-electron chi connectivity index (χ3n) is 8.81. The molecule has 4 heteroatoms. The minimum atomic E-state index is -0.193. The Morgan fingerprint density at radius 1 is 1.00 bits per heavy atom. The minimum absolute atomic E-state index is 0.0570. The number of carbonyl (C=O) groups excluding carboxylic acids is 2. The number of hydrogen-bond donors (Lipinski definition) is 0. The first-order valence-corrected chi connectivity index (χ1v) is 11.4. The van der Waals surface area contributed by atoms with Crippen molar-refractivity contribution in [2.24, 2.45) is 28.6 Å². The van der Waals surface area contributed by atoms with Gasteiger partial charge in [0.25, 0.3) is 0 Å². The maximum absolute atomic E-state index is 11.5. The normalized spacial score (nSPS) is 41.8. The first-order chi connectivity index (χ1) is 13.6. The van der Waals surface area contributed by atoms with Crippen LogP contribution in [0.25, 0.3) is 0 Å². The van der Waals surface area contributed by atoms with E-state index in [0.29, 0.717) is 17.8 Å². The lowest BCUT2D eigenvalue weighted by molar-refractivity contribution is -0.149. The van der Waals surface area contributed by atoms with Gasteiger partial charge in [-0.15, -0.1) is 0 Å². The summed E-state index contributed by atoms with van der Waals surface area (Å²) < 4.78 is 11.1. The topological polar surface area (TPSA) is 52.6 Å². The van der Waals surface area contributed by atoms with E-state index in [1.165, 1.54) is 37.8 Å². The summed E-state index contributed by atoms with van der Waals surface area (Å²) in [5, 5.41) is 0. The average Bonchev–Trinajstić information content (AvgIpc) is 2.98. The van der Waals surface area contributed by atoms with Crippen molar-refractivity contribution >= 4 is 11.9 Å². The van der Waals surface area contributed by atoms with Gasteiger partial charge in [-0.25, -0.2) is 0 Å². The molecule has 0 unspecified atom stereocenters. The van der Waals surface area contributed by atoms with Gasteiger partial charge in [0, 0.05) is 20.3 Å². The summed E-state index contributed by atoms with van der Waals surface area (Å²) in [6, 6.07) is 0. The van der Waals surface area contributed by atoms with E-state index in [1.54, 1.807) is 0 Å². The summed E-state index contributed by atoms with van der Waals surface area (Å²) in [5.41, 5.74) is 3.26. The first-order valence-electron chi connectivity index (χ1n) is 11.4. The van der Waals surface area contributed by atoms with E-state index in [2.05, 4.69) is 26.0 Å². The summed E-state index contributed by atoms with van der Waals surface area (Å²) in [6.07, 6.45) is 12.4. The van der Waals surface area contributed by atoms with Gasteiger partial charge in [0.2, 0.25) is 0 Å². The minimum Gasteiger partial charge on any atom is -0.462 e. The van der Waals surface area contributed by atoms with E-state index in [1.807, 2.05) is 6.92 Å². The van der Waals surface area contributed by atoms with Crippen molar-refractivity contribution in [3.05, 3.63) is 23.3 Å². The molecule has 2 saturated carbocycles. The molecular weight excluding hydrogens is 364 g/mol. The predicted octanol–water partition coefficient (Wildman–Crippen LogP) is 5.37. The van der Waals surface area contributed by atoms with Crippen molar-refractivity contribution in [2.75, 3.05) is 0 Å². The van der Waals surface area contributed by atoms with Gasteiger partial charge in [-0.1, -0.05) is 31.6 Å². The Labute approximate surface area is 175 Å². The second kappa shape index (κ2) is 7.28. The van der Waals surface area contributed by atoms with Crippen molar-refractivity contribution in [2.45, 2.75) is 91.8 Å². The Bertz CT molecular complexity index is 765. The Balaban J connectivity index is 1.55. The molecule has 0 aromatic heterocycles. The zero-order chi connectivity index (χ0) is 21.0. The second-order valence-electron chi connectivity index (χ2n) is 10.3. The van der Waals surface area contributed by atoms with Crippen LogP contribution in [0.1, 0.15) is 79.6 Å². The highest BCUT2D eigenvalue weighted by Gasteiger charge is 2.57. The third-order valence-corrected chi connectivity index (χ3v) is 8.81. The quantitative estimate of drug-likeness (QED) is 0.472. The molecule has 4 rings (SSSR count). The van der Waals surface area contributed by atoms with Crippen LogP contribution in [0.3, 0.4) is 0 Å². The SMILES string of the molecule is CC(=O)O[C@H]1CC[C@@]2(C)C(=CC[C@H]3[C@H]2CC[C@]2(C)C([C@H](C)OC(C)=O)=CC[C@H]32)C1. The maximum atomic E-state index is 11.5. The molecule has 0 saturated heterocycles. The third kappa shape index (κ3) is 3.37. The largest absolute Gasteiger partial charge is 0.462 e. The molecule has 0 N–H and O–H groups in total. The number of ether oxygens (including phenoxy) is 2. The zero-order valence-electron chi connectivity index (χ0n) is 18.6. The number of carbonyl (C=O) groups is 2. The first kappa shape index (κ1) is 20.7. The highest BCUT2D eigenvalue weighted by Crippen LogP contribution is 2.65. The lowest BCUT2D eigenvalue weighted by Crippen LogP contribution is -2.50. The van der Waals surface area contributed by atoms with Gasteiger partial charge >= 0.3 is 11.9 Å². The smallest absolute Gasteiger partial charge is 0.303 e. The molecule has 0 spiro atoms. The molecule has 4 nitrogen and oxygen atoms in total. The van der Waals surface area contributed by atoms with Crippen LogP contribution in [0.4, 0.5) is 0 Å². The molecule has 7 atom stereocenters. The zero-order valence-corrected chi connectivity index (χ0v) is 18.6. The molecular formula is C25H36O4. The molecule has 4 aliphatic rings. The average molecular weight is 401 g/mol. The van der Waals surface area contributed by atoms with Crippen LogP contribution in [-0.2, 0) is 19.1 Å². The molecule has 29 heavy (non-hydrogen) atoms. The molecule has 0 amide bonds. The van der Waals surface area contributed by atoms with Gasteiger partial charge in [-0.2, -0.15) is 0 Å². The van der Waals surface area contributed by atoms with Crippen LogP contribution in [0.2, 0.25) is 0 Å². The molecule has 0 heterocycles. The van der Waals surface area contributed by atoms with E-state index >= 15 is 0 Å². The van der Waals surface area contributed by atoms with Gasteiger partial charge < -0.3 is 9.47 Å². The molecule has 0 aromatic carbocycles. The molecule has 2 fully saturated rings. The molecule has 160 valence electrons. The van der Waals surface area contributed by atoms with Crippen molar-refractivity contribution < 1.29 is 19.1 Å². The Morgan fingerprint density at radius 2 is 1.72 bits per heavy atom. The Hall–Kier alpha value is -1.58. The second-order valence-corrected chi connectivity index (χ2v) is 10.3. The van der Waals surface area contributed by atoms with E-state index < -0.39 is 0 Å². The molecule has 0 aliphatic heterocycles. The number of esters is 2. The van der Waals surface area contributed by atoms with Crippen LogP contribution in [0.15, 0.2) is 23.3 Å². The number of fused-ring (bicyclic) bond motifs is 5. The van der Waals surface area contributed by atoms with Crippen molar-refractivity contribution in [1.82, 2.24) is 0 Å². The van der Waals surface area contributed by atoms with Crippen LogP contribution < -0.4 is 0 Å². The summed E-state index contributed by atoms with van der Waals surface area (Å²) in [7, 11) is 0. The lowest BCUT2D eigenvalue weighted by Gasteiger charge is -2.58. The lowest BCUT2D eigenvalue weighted by atomic mass is 9.47. The highest BCUT2D eigenvalue weighted by atomic mass is 16.5. The van der Waals surface area contributed by atoms with Crippen molar-refractivity contribution in [3.8, 4) is 0 Å². The van der Waals surface area contributed by atoms with Gasteiger partial charge in [-0.05, 0) is 79.6 Å². The van der Waals surface area contributed by atoms with Crippen LogP contribution >= 0.6 is 0 Å². The van der Waals surface area contributed by atoms with Crippen LogP contribution in [0.5, 0.6) is 0 Å². The van der Waals surface area contributed by atoms with Gasteiger partial charge in [-0.3, -0.25) is 9.59 Å². The Morgan fingerprint density at radius 3 is 2.41 bits per heavy atom. The van der Waals surface area contributed by atoms with Gasteiger partial charge in [0.15, 0.2) is 0 Å². The molecule has 0 radical (unpaired) electrons. The molecule has 0 bridgehead atoms. The summed E-state index contributed by atoms with van der Waals surface area (Å²) >= 11 is 0. The van der Waals surface area contributed by atoms with E-state index in [4.69, 9.17) is 9.47 Å². The molecule has 0 aromatic rings. The standard InChI is InChI=1S/C25H36O4/c1-15(28-16(2)26)21-8-9-22-20-7-6-18-14-19(29-17(3)27)10-12-24(18,4)23(20)11-13-25(21,22)5/h6,8,15,19-20,22-23H,7,9-14H2,1-5H3/t15-,19-,20+,22+,23+,24-,25+/m0/s1. The van der Waals surface area contributed by atoms with Crippen molar-refractivity contribution in [3.63, 3.8) is 0 Å². The predicted molar refractivity (Wildman–Crippen MR) is 112 cm³/mol. The van der Waals surface area contributed by atoms with Crippen LogP contribution in [-0.4, -0.2) is 24.1 Å². The number of hydrogen-bond acceptors (Lipinski definition) is 4. The van der Waals surface area contributed by atoms with Crippen molar-refractivity contribution in [1.29, 1.82) is 0 Å². The van der Waals surface area contributed by atoms with E-state index in [-0.39, 0.29) is 35.0 Å². The van der Waals surface area contributed by atoms with Gasteiger partial charge in [0.05, 0.1) is 0 Å². The summed E-state index contributed by atoms with van der Waals surface area (Å²) in [5.74, 6) is 1.67. The Kier molecular flexibility index (Phi) is 5.19. The van der Waals surface area contributed by atoms with E-state index in [0.717, 1.165) is 32.1 Å². The van der Waals surface area contributed by atoms with Crippen LogP contribution in [0, 0.1) is 28.6 Å². The fourth-order valence-corrected chi connectivity index (χ4v) is 7.51. The fourth-order valence-electron chi connectivity index (χ4n) is 7.51. The van der Waals surface area contributed by atoms with Gasteiger partial charge in [0.1, 0.15) is 12.2 Å². The monoisotopic (exact) mass is 400 g/mol. The fraction of sp³-hybridized carbons (Fsp3) is 0.760. The highest BCUT2D eigenvalue weighted by molar-refractivity contribution is 5.66. The van der Waals surface area contributed by atoms with E-state index in [9.17, 15) is 9.59 Å². The molecule has 4 aliphatic carbocycles. The summed E-state index contributed by atoms with van der Waals surface area (Å²) in [6.45, 7) is 9.92. The maximum Gasteiger partial charge on any atom is 0.303 e. The number of rotatable bonds is 3. The summed E-state index contributed by atoms with van der Waals surface area (Å²) in [4.78, 5) is 22.9.